The normalized spacial score (nSPS) is 9.79. The van der Waals surface area contributed by atoms with Gasteiger partial charge in [-0.15, -0.1) is 12.4 Å². The lowest BCUT2D eigenvalue weighted by molar-refractivity contribution is -0.121. The van der Waals surface area contributed by atoms with E-state index in [1.165, 1.54) is 0 Å². The summed E-state index contributed by atoms with van der Waals surface area (Å²) in [5, 5.41) is 3.58. The van der Waals surface area contributed by atoms with Crippen LogP contribution in [0.5, 0.6) is 0 Å². The van der Waals surface area contributed by atoms with E-state index in [0.29, 0.717) is 18.0 Å². The number of unbranched alkanes of at least 4 members (excludes halogenated alkanes) is 3. The van der Waals surface area contributed by atoms with Crippen molar-refractivity contribution < 1.29 is 4.79 Å². The quantitative estimate of drug-likeness (QED) is 0.724. The molecule has 19 heavy (non-hydrogen) atoms. The Bertz CT molecular complexity index is 372. The number of hydrogen-bond donors (Lipinski definition) is 2. The molecular weight excluding hydrogens is 283 g/mol. The van der Waals surface area contributed by atoms with Gasteiger partial charge in [0.25, 0.3) is 0 Å². The number of benzene rings is 1. The molecule has 3 nitrogen and oxygen atoms in total. The molecule has 0 bridgehead atoms. The molecule has 1 amide bonds. The van der Waals surface area contributed by atoms with E-state index in [9.17, 15) is 4.79 Å². The van der Waals surface area contributed by atoms with Crippen LogP contribution in [-0.4, -0.2) is 12.5 Å². The van der Waals surface area contributed by atoms with Gasteiger partial charge in [-0.1, -0.05) is 42.6 Å². The Balaban J connectivity index is 0.00000324. The smallest absolute Gasteiger partial charge is 0.220 e. The highest BCUT2D eigenvalue weighted by Gasteiger charge is 2.03. The van der Waals surface area contributed by atoms with Gasteiger partial charge < -0.3 is 11.1 Å². The first-order valence-corrected chi connectivity index (χ1v) is 6.82. The monoisotopic (exact) mass is 304 g/mol. The zero-order chi connectivity index (χ0) is 13.2. The Labute approximate surface area is 126 Å². The van der Waals surface area contributed by atoms with E-state index in [0.717, 1.165) is 37.8 Å². The SMILES string of the molecule is Cl.NCCCCCCC(=O)NCc1ccccc1Cl. The molecule has 108 valence electrons. The second kappa shape index (κ2) is 11.1. The maximum absolute atomic E-state index is 11.6. The summed E-state index contributed by atoms with van der Waals surface area (Å²) in [6.07, 6.45) is 4.72. The number of halogens is 2. The Hall–Kier alpha value is -0.770. The third kappa shape index (κ3) is 8.09. The average molecular weight is 305 g/mol. The van der Waals surface area contributed by atoms with Crippen molar-refractivity contribution in [3.05, 3.63) is 34.9 Å². The van der Waals surface area contributed by atoms with Crippen molar-refractivity contribution in [3.63, 3.8) is 0 Å². The summed E-state index contributed by atoms with van der Waals surface area (Å²) in [6.45, 7) is 1.24. The number of nitrogens with two attached hydrogens (primary N) is 1. The van der Waals surface area contributed by atoms with Crippen molar-refractivity contribution in [2.24, 2.45) is 5.73 Å². The second-order valence-electron chi connectivity index (χ2n) is 4.32. The van der Waals surface area contributed by atoms with E-state index in [1.807, 2.05) is 24.3 Å². The van der Waals surface area contributed by atoms with Crippen LogP contribution in [0, 0.1) is 0 Å². The van der Waals surface area contributed by atoms with Crippen LogP contribution in [0.15, 0.2) is 24.3 Å². The molecule has 3 N–H and O–H groups in total. The highest BCUT2D eigenvalue weighted by molar-refractivity contribution is 6.31. The molecule has 0 aliphatic carbocycles. The summed E-state index contributed by atoms with van der Waals surface area (Å²) >= 11 is 6.01. The molecule has 0 heterocycles. The number of nitrogens with one attached hydrogen (secondary N) is 1. The largest absolute Gasteiger partial charge is 0.352 e. The summed E-state index contributed by atoms with van der Waals surface area (Å²) < 4.78 is 0. The third-order valence-corrected chi connectivity index (χ3v) is 3.16. The Morgan fingerprint density at radius 3 is 2.53 bits per heavy atom. The van der Waals surface area contributed by atoms with Crippen LogP contribution in [0.2, 0.25) is 5.02 Å². The van der Waals surface area contributed by atoms with Crippen LogP contribution in [0.4, 0.5) is 0 Å². The summed E-state index contributed by atoms with van der Waals surface area (Å²) in [4.78, 5) is 11.6. The number of carbonyl (C=O) groups is 1. The maximum atomic E-state index is 11.6. The first-order chi connectivity index (χ1) is 8.74. The van der Waals surface area contributed by atoms with E-state index < -0.39 is 0 Å². The fraction of sp³-hybridized carbons (Fsp3) is 0.500. The first-order valence-electron chi connectivity index (χ1n) is 6.44. The predicted molar refractivity (Wildman–Crippen MR) is 82.7 cm³/mol. The second-order valence-corrected chi connectivity index (χ2v) is 4.73. The van der Waals surface area contributed by atoms with Crippen molar-refractivity contribution in [1.29, 1.82) is 0 Å². The maximum Gasteiger partial charge on any atom is 0.220 e. The molecule has 0 fully saturated rings. The van der Waals surface area contributed by atoms with E-state index in [2.05, 4.69) is 5.32 Å². The molecule has 0 radical (unpaired) electrons. The molecule has 0 unspecified atom stereocenters. The minimum Gasteiger partial charge on any atom is -0.352 e. The van der Waals surface area contributed by atoms with E-state index in [-0.39, 0.29) is 18.3 Å². The molecule has 1 aromatic rings. The highest BCUT2D eigenvalue weighted by Crippen LogP contribution is 2.14. The summed E-state index contributed by atoms with van der Waals surface area (Å²) in [7, 11) is 0. The van der Waals surface area contributed by atoms with Crippen LogP contribution in [0.25, 0.3) is 0 Å². The molecule has 0 aromatic heterocycles. The Morgan fingerprint density at radius 1 is 1.16 bits per heavy atom. The van der Waals surface area contributed by atoms with Gasteiger partial charge in [-0.05, 0) is 31.0 Å². The zero-order valence-corrected chi connectivity index (χ0v) is 12.6. The Kier molecular flexibility index (Phi) is 10.6. The zero-order valence-electron chi connectivity index (χ0n) is 11.0. The molecule has 1 rings (SSSR count). The lowest BCUT2D eigenvalue weighted by Gasteiger charge is -2.06. The van der Waals surface area contributed by atoms with Gasteiger partial charge in [0, 0.05) is 18.0 Å². The standard InChI is InChI=1S/C14H21ClN2O.ClH/c15-13-8-5-4-7-12(13)11-17-14(18)9-3-1-2-6-10-16;/h4-5,7-8H,1-3,6,9-11,16H2,(H,17,18);1H. The lowest BCUT2D eigenvalue weighted by atomic mass is 10.1. The topological polar surface area (TPSA) is 55.1 Å². The van der Waals surface area contributed by atoms with Crippen molar-refractivity contribution in [3.8, 4) is 0 Å². The molecule has 0 saturated carbocycles. The van der Waals surface area contributed by atoms with Crippen LogP contribution >= 0.6 is 24.0 Å². The third-order valence-electron chi connectivity index (χ3n) is 2.79. The van der Waals surface area contributed by atoms with E-state index in [1.54, 1.807) is 0 Å². The van der Waals surface area contributed by atoms with Crippen molar-refractivity contribution >= 4 is 29.9 Å². The van der Waals surface area contributed by atoms with Gasteiger partial charge in [0.05, 0.1) is 0 Å². The van der Waals surface area contributed by atoms with Gasteiger partial charge in [0.2, 0.25) is 5.91 Å². The fourth-order valence-electron chi connectivity index (χ4n) is 1.71. The molecular formula is C14H22Cl2N2O. The summed E-state index contributed by atoms with van der Waals surface area (Å²) in [5.41, 5.74) is 6.36. The van der Waals surface area contributed by atoms with Crippen LogP contribution in [0.1, 0.15) is 37.7 Å². The molecule has 1 aromatic carbocycles. The van der Waals surface area contributed by atoms with Crippen molar-refractivity contribution in [1.82, 2.24) is 5.32 Å². The minimum absolute atomic E-state index is 0. The lowest BCUT2D eigenvalue weighted by Crippen LogP contribution is -2.22. The molecule has 0 aliphatic heterocycles. The predicted octanol–water partition coefficient (Wildman–Crippen LogP) is 3.29. The van der Waals surface area contributed by atoms with Gasteiger partial charge in [0.1, 0.15) is 0 Å². The number of amides is 1. The first kappa shape index (κ1) is 18.2. The van der Waals surface area contributed by atoms with E-state index >= 15 is 0 Å². The fourth-order valence-corrected chi connectivity index (χ4v) is 1.91. The van der Waals surface area contributed by atoms with Crippen LogP contribution in [-0.2, 0) is 11.3 Å². The molecule has 0 atom stereocenters. The summed E-state index contributed by atoms with van der Waals surface area (Å²) in [6, 6.07) is 7.55. The highest BCUT2D eigenvalue weighted by atomic mass is 35.5. The number of carbonyl (C=O) groups excluding carboxylic acids is 1. The van der Waals surface area contributed by atoms with Gasteiger partial charge in [0.15, 0.2) is 0 Å². The molecule has 5 heteroatoms. The molecule has 0 aliphatic rings. The average Bonchev–Trinajstić information content (AvgIpc) is 2.37. The van der Waals surface area contributed by atoms with Crippen molar-refractivity contribution in [2.45, 2.75) is 38.6 Å². The number of rotatable bonds is 8. The number of hydrogen-bond acceptors (Lipinski definition) is 2. The van der Waals surface area contributed by atoms with Crippen LogP contribution in [0.3, 0.4) is 0 Å². The van der Waals surface area contributed by atoms with Gasteiger partial charge in [-0.2, -0.15) is 0 Å². The van der Waals surface area contributed by atoms with E-state index in [4.69, 9.17) is 17.3 Å². The molecule has 0 saturated heterocycles. The van der Waals surface area contributed by atoms with Gasteiger partial charge >= 0.3 is 0 Å². The van der Waals surface area contributed by atoms with Crippen molar-refractivity contribution in [2.75, 3.05) is 6.54 Å². The Morgan fingerprint density at radius 2 is 1.84 bits per heavy atom. The van der Waals surface area contributed by atoms with Gasteiger partial charge in [-0.25, -0.2) is 0 Å². The summed E-state index contributed by atoms with van der Waals surface area (Å²) in [5.74, 6) is 0.0858. The molecule has 0 spiro atoms. The minimum atomic E-state index is 0. The van der Waals surface area contributed by atoms with Gasteiger partial charge in [-0.3, -0.25) is 4.79 Å². The van der Waals surface area contributed by atoms with Crippen LogP contribution < -0.4 is 11.1 Å².